The van der Waals surface area contributed by atoms with E-state index in [-0.39, 0.29) is 5.91 Å². The number of hydrogen-bond donors (Lipinski definition) is 0. The highest BCUT2D eigenvalue weighted by Gasteiger charge is 2.41. The lowest BCUT2D eigenvalue weighted by molar-refractivity contribution is 0.0773. The van der Waals surface area contributed by atoms with Gasteiger partial charge in [0.1, 0.15) is 0 Å². The number of carbonyl (C=O) groups excluding carboxylic acids is 1. The predicted molar refractivity (Wildman–Crippen MR) is 86.6 cm³/mol. The predicted octanol–water partition coefficient (Wildman–Crippen LogP) is 1.68. The van der Waals surface area contributed by atoms with Crippen molar-refractivity contribution < 1.29 is 4.79 Å². The molecule has 0 saturated carbocycles. The number of carbonyl (C=O) groups is 1. The van der Waals surface area contributed by atoms with E-state index < -0.39 is 0 Å². The molecule has 4 heterocycles. The zero-order valence-corrected chi connectivity index (χ0v) is 13.0. The zero-order valence-electron chi connectivity index (χ0n) is 13.0. The fourth-order valence-electron chi connectivity index (χ4n) is 3.81. The standard InChI is InChI=1S/C18H20N4O/c23-18(15-3-6-19-7-4-15)22-12-16-10-21(11-17(16)13-22)9-14-2-1-5-20-8-14/h1-8,16-17H,9-13H2/t16-,17-/m1/s1. The van der Waals surface area contributed by atoms with Crippen LogP contribution in [0.1, 0.15) is 15.9 Å². The first-order chi connectivity index (χ1) is 11.3. The lowest BCUT2D eigenvalue weighted by Crippen LogP contribution is -2.33. The second-order valence-corrected chi connectivity index (χ2v) is 6.52. The van der Waals surface area contributed by atoms with Crippen LogP contribution in [0.15, 0.2) is 49.1 Å². The van der Waals surface area contributed by atoms with Crippen LogP contribution in [-0.4, -0.2) is 51.9 Å². The summed E-state index contributed by atoms with van der Waals surface area (Å²) in [6, 6.07) is 7.71. The zero-order chi connectivity index (χ0) is 15.6. The number of rotatable bonds is 3. The molecule has 0 unspecified atom stereocenters. The molecule has 0 aromatic carbocycles. The number of aromatic nitrogens is 2. The highest BCUT2D eigenvalue weighted by atomic mass is 16.2. The van der Waals surface area contributed by atoms with E-state index in [9.17, 15) is 4.79 Å². The molecule has 2 saturated heterocycles. The molecule has 1 amide bonds. The first kappa shape index (κ1) is 14.3. The minimum Gasteiger partial charge on any atom is -0.338 e. The Kier molecular flexibility index (Phi) is 3.79. The highest BCUT2D eigenvalue weighted by molar-refractivity contribution is 5.94. The summed E-state index contributed by atoms with van der Waals surface area (Å²) in [7, 11) is 0. The van der Waals surface area contributed by atoms with Crippen molar-refractivity contribution in [2.24, 2.45) is 11.8 Å². The van der Waals surface area contributed by atoms with Gasteiger partial charge in [-0.1, -0.05) is 6.07 Å². The summed E-state index contributed by atoms with van der Waals surface area (Å²) < 4.78 is 0. The van der Waals surface area contributed by atoms with E-state index in [1.54, 1.807) is 24.5 Å². The fraction of sp³-hybridized carbons (Fsp3) is 0.389. The lowest BCUT2D eigenvalue weighted by atomic mass is 10.0. The third-order valence-electron chi connectivity index (χ3n) is 4.91. The Bertz CT molecular complexity index is 662. The third kappa shape index (κ3) is 2.97. The average molecular weight is 308 g/mol. The molecule has 23 heavy (non-hydrogen) atoms. The van der Waals surface area contributed by atoms with E-state index in [0.29, 0.717) is 11.8 Å². The van der Waals surface area contributed by atoms with Crippen LogP contribution in [0.2, 0.25) is 0 Å². The van der Waals surface area contributed by atoms with Crippen molar-refractivity contribution >= 4 is 5.91 Å². The van der Waals surface area contributed by atoms with Gasteiger partial charge in [0.2, 0.25) is 0 Å². The Morgan fingerprint density at radius 2 is 1.74 bits per heavy atom. The molecule has 0 bridgehead atoms. The molecule has 118 valence electrons. The van der Waals surface area contributed by atoms with E-state index in [2.05, 4.69) is 20.9 Å². The average Bonchev–Trinajstić information content (AvgIpc) is 3.14. The van der Waals surface area contributed by atoms with Gasteiger partial charge in [0.15, 0.2) is 0 Å². The van der Waals surface area contributed by atoms with Crippen LogP contribution in [0, 0.1) is 11.8 Å². The van der Waals surface area contributed by atoms with Crippen LogP contribution < -0.4 is 0 Å². The summed E-state index contributed by atoms with van der Waals surface area (Å²) in [5.41, 5.74) is 2.00. The van der Waals surface area contributed by atoms with Crippen LogP contribution in [0.3, 0.4) is 0 Å². The van der Waals surface area contributed by atoms with Crippen LogP contribution in [0.25, 0.3) is 0 Å². The number of pyridine rings is 2. The van der Waals surface area contributed by atoms with Crippen molar-refractivity contribution in [1.29, 1.82) is 0 Å². The number of hydrogen-bond acceptors (Lipinski definition) is 4. The SMILES string of the molecule is O=C(c1ccncc1)N1C[C@H]2CN(Cc3cccnc3)C[C@@H]2C1. The van der Waals surface area contributed by atoms with Gasteiger partial charge in [-0.25, -0.2) is 0 Å². The van der Waals surface area contributed by atoms with Crippen molar-refractivity contribution in [2.45, 2.75) is 6.54 Å². The van der Waals surface area contributed by atoms with Crippen molar-refractivity contribution in [3.63, 3.8) is 0 Å². The number of amides is 1. The van der Waals surface area contributed by atoms with Gasteiger partial charge in [-0.05, 0) is 35.6 Å². The molecule has 2 fully saturated rings. The summed E-state index contributed by atoms with van der Waals surface area (Å²) in [5, 5.41) is 0. The van der Waals surface area contributed by atoms with Gasteiger partial charge < -0.3 is 4.90 Å². The minimum atomic E-state index is 0.139. The second-order valence-electron chi connectivity index (χ2n) is 6.52. The molecular formula is C18H20N4O. The Morgan fingerprint density at radius 1 is 1.00 bits per heavy atom. The molecule has 0 N–H and O–H groups in total. The Balaban J connectivity index is 1.36. The Hall–Kier alpha value is -2.27. The van der Waals surface area contributed by atoms with Crippen molar-refractivity contribution in [1.82, 2.24) is 19.8 Å². The first-order valence-corrected chi connectivity index (χ1v) is 8.10. The van der Waals surface area contributed by atoms with Gasteiger partial charge in [-0.15, -0.1) is 0 Å². The Morgan fingerprint density at radius 3 is 2.39 bits per heavy atom. The van der Waals surface area contributed by atoms with Gasteiger partial charge in [0.25, 0.3) is 5.91 Å². The van der Waals surface area contributed by atoms with E-state index in [1.165, 1.54) is 5.56 Å². The van der Waals surface area contributed by atoms with Gasteiger partial charge in [-0.2, -0.15) is 0 Å². The molecule has 5 heteroatoms. The summed E-state index contributed by atoms with van der Waals surface area (Å²) in [5.74, 6) is 1.33. The normalized spacial score (nSPS) is 23.9. The van der Waals surface area contributed by atoms with E-state index in [1.807, 2.05) is 23.4 Å². The van der Waals surface area contributed by atoms with Gasteiger partial charge in [-0.3, -0.25) is 19.7 Å². The summed E-state index contributed by atoms with van der Waals surface area (Å²) in [6.45, 7) is 4.84. The van der Waals surface area contributed by atoms with Crippen molar-refractivity contribution in [3.8, 4) is 0 Å². The van der Waals surface area contributed by atoms with Crippen LogP contribution in [0.4, 0.5) is 0 Å². The molecule has 0 aliphatic carbocycles. The van der Waals surface area contributed by atoms with Gasteiger partial charge in [0.05, 0.1) is 0 Å². The van der Waals surface area contributed by atoms with Gasteiger partial charge in [0, 0.05) is 63.1 Å². The number of nitrogens with zero attached hydrogens (tertiary/aromatic N) is 4. The molecule has 2 aliphatic heterocycles. The van der Waals surface area contributed by atoms with Crippen molar-refractivity contribution in [3.05, 3.63) is 60.2 Å². The summed E-state index contributed by atoms with van der Waals surface area (Å²) in [6.07, 6.45) is 7.11. The van der Waals surface area contributed by atoms with Crippen LogP contribution in [0.5, 0.6) is 0 Å². The fourth-order valence-corrected chi connectivity index (χ4v) is 3.81. The number of fused-ring (bicyclic) bond motifs is 1. The van der Waals surface area contributed by atoms with Crippen molar-refractivity contribution in [2.75, 3.05) is 26.2 Å². The molecule has 2 atom stereocenters. The minimum absolute atomic E-state index is 0.139. The molecule has 0 spiro atoms. The summed E-state index contributed by atoms with van der Waals surface area (Å²) >= 11 is 0. The molecule has 2 aliphatic rings. The lowest BCUT2D eigenvalue weighted by Gasteiger charge is -2.21. The Labute approximate surface area is 136 Å². The molecular weight excluding hydrogens is 288 g/mol. The van der Waals surface area contributed by atoms with Crippen LogP contribution >= 0.6 is 0 Å². The second kappa shape index (κ2) is 6.08. The molecule has 4 rings (SSSR count). The van der Waals surface area contributed by atoms with E-state index >= 15 is 0 Å². The highest BCUT2D eigenvalue weighted by Crippen LogP contribution is 2.32. The third-order valence-corrected chi connectivity index (χ3v) is 4.91. The smallest absolute Gasteiger partial charge is 0.253 e. The number of likely N-dealkylation sites (tertiary alicyclic amines) is 2. The quantitative estimate of drug-likeness (QED) is 0.865. The van der Waals surface area contributed by atoms with E-state index in [0.717, 1.165) is 38.3 Å². The van der Waals surface area contributed by atoms with E-state index in [4.69, 9.17) is 0 Å². The summed E-state index contributed by atoms with van der Waals surface area (Å²) in [4.78, 5) is 25.2. The molecule has 5 nitrogen and oxygen atoms in total. The first-order valence-electron chi connectivity index (χ1n) is 8.10. The molecule has 2 aromatic rings. The maximum Gasteiger partial charge on any atom is 0.253 e. The monoisotopic (exact) mass is 308 g/mol. The molecule has 2 aromatic heterocycles. The molecule has 0 radical (unpaired) electrons. The van der Waals surface area contributed by atoms with Gasteiger partial charge >= 0.3 is 0 Å². The maximum atomic E-state index is 12.5. The topological polar surface area (TPSA) is 49.3 Å². The largest absolute Gasteiger partial charge is 0.338 e. The van der Waals surface area contributed by atoms with Crippen LogP contribution in [-0.2, 0) is 6.54 Å². The maximum absolute atomic E-state index is 12.5.